The van der Waals surface area contributed by atoms with E-state index in [0.717, 1.165) is 0 Å². The molecule has 4 rings (SSSR count). The molecule has 0 unspecified atom stereocenters. The van der Waals surface area contributed by atoms with Crippen LogP contribution < -0.4 is 21.7 Å². The van der Waals surface area contributed by atoms with Crippen LogP contribution in [-0.4, -0.2) is 193 Å². The van der Waals surface area contributed by atoms with Crippen molar-refractivity contribution in [1.82, 2.24) is 10.6 Å². The first-order chi connectivity index (χ1) is 41.3. The molecule has 2 fully saturated rings. The number of esters is 1. The van der Waals surface area contributed by atoms with Crippen LogP contribution in [0, 0.1) is 11.8 Å². The minimum Gasteiger partial charge on any atom is -0.462 e. The van der Waals surface area contributed by atoms with E-state index in [2.05, 4.69) is 29.1 Å². The number of amides is 4. The second-order valence-corrected chi connectivity index (χ2v) is 21.7. The van der Waals surface area contributed by atoms with Gasteiger partial charge in [0.05, 0.1) is 73.4 Å². The van der Waals surface area contributed by atoms with Crippen molar-refractivity contribution in [3.63, 3.8) is 0 Å². The first-order valence-electron chi connectivity index (χ1n) is 28.8. The van der Waals surface area contributed by atoms with E-state index in [1.165, 1.54) is 49.4 Å². The molecule has 87 heavy (non-hydrogen) atoms. The van der Waals surface area contributed by atoms with Crippen LogP contribution in [0.25, 0.3) is 0 Å². The van der Waals surface area contributed by atoms with Crippen LogP contribution in [0.15, 0.2) is 135 Å². The van der Waals surface area contributed by atoms with Gasteiger partial charge in [-0.3, -0.25) is 9.59 Å². The fourth-order valence-corrected chi connectivity index (χ4v) is 9.73. The summed E-state index contributed by atoms with van der Waals surface area (Å²) < 4.78 is 40.2. The Bertz CT molecular complexity index is 2590. The fraction of sp³-hybridized carbons (Fsp3) is 0.532. The highest BCUT2D eigenvalue weighted by atomic mass is 16.7. The highest BCUT2D eigenvalue weighted by Crippen LogP contribution is 2.37. The number of aliphatic hydroxyl groups is 9. The van der Waals surface area contributed by atoms with Crippen LogP contribution in [0.2, 0.25) is 0 Å². The average Bonchev–Trinajstić information content (AvgIpc) is 1.23. The third-order valence-electron chi connectivity index (χ3n) is 14.5. The maximum atomic E-state index is 14.0. The number of aliphatic hydroxyl groups excluding tert-OH is 8. The van der Waals surface area contributed by atoms with Crippen molar-refractivity contribution < 1.29 is 103 Å². The van der Waals surface area contributed by atoms with Crippen molar-refractivity contribution in [3.05, 3.63) is 140 Å². The van der Waals surface area contributed by atoms with Crippen LogP contribution in [0.1, 0.15) is 89.4 Å². The summed E-state index contributed by atoms with van der Waals surface area (Å²) in [5, 5.41) is 109. The molecule has 0 saturated carbocycles. The van der Waals surface area contributed by atoms with Gasteiger partial charge in [0.25, 0.3) is 0 Å². The van der Waals surface area contributed by atoms with E-state index in [1.807, 2.05) is 6.92 Å². The first kappa shape index (κ1) is 72.6. The van der Waals surface area contributed by atoms with Gasteiger partial charge in [-0.15, -0.1) is 0 Å². The number of hydrogen-bond donors (Lipinski definition) is 13. The van der Waals surface area contributed by atoms with E-state index in [1.54, 1.807) is 92.8 Å². The number of fused-ring (bicyclic) bond motifs is 2. The molecule has 1 aromatic carbocycles. The normalized spacial score (nSPS) is 36.4. The highest BCUT2D eigenvalue weighted by molar-refractivity contribution is 5.96. The number of cyclic esters (lactones) is 1. The lowest BCUT2D eigenvalue weighted by molar-refractivity contribution is -0.303. The second-order valence-electron chi connectivity index (χ2n) is 21.7. The third-order valence-corrected chi connectivity index (χ3v) is 14.5. The fourth-order valence-electron chi connectivity index (χ4n) is 9.73. The van der Waals surface area contributed by atoms with Crippen molar-refractivity contribution in [2.24, 2.45) is 17.6 Å². The van der Waals surface area contributed by atoms with Gasteiger partial charge in [0.2, 0.25) is 5.91 Å². The molecule has 482 valence electrons. The van der Waals surface area contributed by atoms with Gasteiger partial charge in [-0.2, -0.15) is 0 Å². The predicted octanol–water partition coefficient (Wildman–Crippen LogP) is 3.60. The Hall–Kier alpha value is -6.85. The number of primary amides is 1. The molecule has 0 radical (unpaired) electrons. The van der Waals surface area contributed by atoms with Crippen molar-refractivity contribution in [3.8, 4) is 0 Å². The third kappa shape index (κ3) is 25.4. The van der Waals surface area contributed by atoms with Crippen LogP contribution >= 0.6 is 0 Å². The molecule has 3 heterocycles. The first-order valence-corrected chi connectivity index (χ1v) is 28.8. The van der Waals surface area contributed by atoms with Crippen molar-refractivity contribution >= 4 is 35.8 Å². The maximum Gasteiger partial charge on any atom is 0.508 e. The molecule has 25 heteroatoms. The summed E-state index contributed by atoms with van der Waals surface area (Å²) in [4.78, 5) is 64.9. The van der Waals surface area contributed by atoms with Gasteiger partial charge in [0, 0.05) is 48.8 Å². The summed E-state index contributed by atoms with van der Waals surface area (Å²) in [6, 6.07) is 1.79. The van der Waals surface area contributed by atoms with Gasteiger partial charge in [-0.1, -0.05) is 130 Å². The maximum absolute atomic E-state index is 14.0. The quantitative estimate of drug-likeness (QED) is 0.0855. The number of anilines is 1. The van der Waals surface area contributed by atoms with E-state index < -0.39 is 172 Å². The molecule has 14 N–H and O–H groups in total. The van der Waals surface area contributed by atoms with E-state index >= 15 is 0 Å². The monoisotopic (exact) mass is 1220 g/mol. The molecule has 2 saturated heterocycles. The largest absolute Gasteiger partial charge is 0.508 e. The van der Waals surface area contributed by atoms with Crippen molar-refractivity contribution in [1.29, 1.82) is 0 Å². The zero-order valence-electron chi connectivity index (χ0n) is 49.4. The Morgan fingerprint density at radius 2 is 1.32 bits per heavy atom. The zero-order valence-corrected chi connectivity index (χ0v) is 49.4. The number of benzene rings is 1. The standard InChI is InChI=1S/C62H88N4O21/c1-7-28-81-60(78)66-53-55(74)40(6)84-58(56(53)75)85-46-25-20-18-16-14-12-10-9-11-13-15-17-19-22-37(3)54(73)38(4)39(5)83-51(72)33-44(68)31-43(67)26-27-47(70)48(71)32-45(69)35-62(80)36-50(86-61(79)82-29-8-2)52(49(34-46)87-62)65-59(77)64-42-24-21-23-41(30-42)57(63)76/h7-25,30,37-40,43-50,52-56,58,67-71,73-75,80H,1-2,26-29,31-36H2,3-6H3,(H2,63,76)(H,66,78)(H2,64,65,77)/b10-9+,13-11+,14-12+,17-15+,18-16+,22-19+,25-20+/t37-,38-,39-,40+,43+,44+,45-,46-,47+,48+,49-,50-,52-,53-,54+,55+,56-,58-,62+/m0/s1. The van der Waals surface area contributed by atoms with Gasteiger partial charge < -0.3 is 101 Å². The predicted molar refractivity (Wildman–Crippen MR) is 318 cm³/mol. The number of carbonyl (C=O) groups is 5. The summed E-state index contributed by atoms with van der Waals surface area (Å²) in [5.41, 5.74) is 5.64. The minimum absolute atomic E-state index is 0.0494. The number of nitrogens with two attached hydrogens (primary N) is 1. The van der Waals surface area contributed by atoms with E-state index in [-0.39, 0.29) is 49.6 Å². The van der Waals surface area contributed by atoms with Crippen LogP contribution in [0.3, 0.4) is 0 Å². The lowest BCUT2D eigenvalue weighted by Crippen LogP contribution is -2.65. The number of nitrogens with one attached hydrogen (secondary N) is 3. The summed E-state index contributed by atoms with van der Waals surface area (Å²) in [6.07, 6.45) is 1.04. The number of urea groups is 1. The molecule has 0 spiro atoms. The number of ether oxygens (including phenoxy) is 7. The van der Waals surface area contributed by atoms with Gasteiger partial charge in [-0.25, -0.2) is 14.4 Å². The Morgan fingerprint density at radius 3 is 1.95 bits per heavy atom. The zero-order chi connectivity index (χ0) is 64.2. The molecule has 0 aromatic heterocycles. The van der Waals surface area contributed by atoms with Gasteiger partial charge in [0.1, 0.15) is 37.6 Å². The molecule has 25 nitrogen and oxygen atoms in total. The van der Waals surface area contributed by atoms with Gasteiger partial charge in [-0.05, 0) is 51.3 Å². The van der Waals surface area contributed by atoms with E-state index in [0.29, 0.717) is 0 Å². The molecule has 0 aliphatic carbocycles. The Kier molecular flexibility index (Phi) is 31.0. The Morgan fingerprint density at radius 1 is 0.701 bits per heavy atom. The number of alkyl carbamates (subject to hydrolysis) is 1. The smallest absolute Gasteiger partial charge is 0.462 e. The lowest BCUT2D eigenvalue weighted by Gasteiger charge is -2.47. The molecule has 2 bridgehead atoms. The average molecular weight is 1230 g/mol. The van der Waals surface area contributed by atoms with Crippen molar-refractivity contribution in [2.45, 2.75) is 183 Å². The van der Waals surface area contributed by atoms with Crippen LogP contribution in [0.5, 0.6) is 0 Å². The molecule has 3 aliphatic rings. The Balaban J connectivity index is 1.78. The molecular weight excluding hydrogens is 1140 g/mol. The molecular formula is C62H88N4O21. The summed E-state index contributed by atoms with van der Waals surface area (Å²) in [7, 11) is 0. The van der Waals surface area contributed by atoms with Gasteiger partial charge in [0.15, 0.2) is 12.1 Å². The number of allylic oxidation sites excluding steroid dienone is 12. The minimum atomic E-state index is -2.51. The van der Waals surface area contributed by atoms with Crippen molar-refractivity contribution in [2.75, 3.05) is 18.5 Å². The summed E-state index contributed by atoms with van der Waals surface area (Å²) in [5.74, 6) is -4.88. The van der Waals surface area contributed by atoms with Crippen LogP contribution in [0.4, 0.5) is 20.1 Å². The number of hydrogen-bond acceptors (Lipinski definition) is 21. The topological polar surface area (TPSA) is 394 Å². The summed E-state index contributed by atoms with van der Waals surface area (Å²) in [6.45, 7) is 13.1. The number of rotatable bonds is 11. The molecule has 4 amide bonds. The molecule has 1 aromatic rings. The summed E-state index contributed by atoms with van der Waals surface area (Å²) >= 11 is 0. The van der Waals surface area contributed by atoms with E-state index in [9.17, 15) is 69.9 Å². The molecule has 3 aliphatic heterocycles. The SMILES string of the molecule is C=CCOC(=O)N[C@@H]1[C@H](O)[C@H](O[C@H]2/C=C/C=C/C=C/C=C/C=C/C=C/C=C/[C@H](C)[C@@H](O)[C@@H](C)[C@H](C)OC(=O)C[C@H](O)C[C@H](O)CC[C@@H](O)[C@H](O)C[C@H](O)C[C@]3(O)C[C@H](OC(=O)OCC=C)[C@@H](NC(=O)Nc4cccc(C(N)=O)c4)[C@H](C2)O3)O[C@H](C)[C@H]1O. The Labute approximate surface area is 506 Å². The van der Waals surface area contributed by atoms with E-state index in [4.69, 9.17) is 38.9 Å². The second kappa shape index (κ2) is 37.1. The molecule has 19 atom stereocenters. The van der Waals surface area contributed by atoms with Crippen LogP contribution in [-0.2, 0) is 38.0 Å². The lowest BCUT2D eigenvalue weighted by atomic mass is 9.86. The van der Waals surface area contributed by atoms with Gasteiger partial charge >= 0.3 is 24.2 Å². The number of carbonyl (C=O) groups excluding carboxylic acids is 5. The highest BCUT2D eigenvalue weighted by Gasteiger charge is 2.51.